The topological polar surface area (TPSA) is 27.7 Å². The van der Waals surface area contributed by atoms with E-state index in [4.69, 9.17) is 13.3 Å². The molecule has 0 saturated carbocycles. The number of rotatable bonds is 7. The van der Waals surface area contributed by atoms with Gasteiger partial charge >= 0.3 is 8.80 Å². The van der Waals surface area contributed by atoms with Gasteiger partial charge in [-0.2, -0.15) is 0 Å². The molecule has 0 rings (SSSR count). The fourth-order valence-electron chi connectivity index (χ4n) is 1.45. The summed E-state index contributed by atoms with van der Waals surface area (Å²) in [6.07, 6.45) is 1.16. The van der Waals surface area contributed by atoms with E-state index in [2.05, 4.69) is 34.6 Å². The lowest BCUT2D eigenvalue weighted by Gasteiger charge is -2.40. The Labute approximate surface area is 102 Å². The first-order valence-corrected chi connectivity index (χ1v) is 8.01. The second-order valence-electron chi connectivity index (χ2n) is 5.01. The predicted octanol–water partition coefficient (Wildman–Crippen LogP) is 3.61. The summed E-state index contributed by atoms with van der Waals surface area (Å²) in [5.74, 6) is 0. The van der Waals surface area contributed by atoms with E-state index in [1.807, 2.05) is 13.8 Å². The van der Waals surface area contributed by atoms with Gasteiger partial charge in [0.25, 0.3) is 0 Å². The third kappa shape index (κ3) is 4.16. The molecule has 0 N–H and O–H groups in total. The molecule has 98 valence electrons. The fraction of sp³-hybridized carbons (Fsp3) is 1.00. The Kier molecular flexibility index (Phi) is 6.78. The average molecular weight is 248 g/mol. The van der Waals surface area contributed by atoms with Crippen molar-refractivity contribution in [3.05, 3.63) is 0 Å². The molecule has 0 aliphatic carbocycles. The molecule has 0 aromatic carbocycles. The van der Waals surface area contributed by atoms with Gasteiger partial charge in [0.1, 0.15) is 0 Å². The average Bonchev–Trinajstić information content (AvgIpc) is 2.16. The summed E-state index contributed by atoms with van der Waals surface area (Å²) in [6, 6.07) is 0. The monoisotopic (exact) mass is 248 g/mol. The summed E-state index contributed by atoms with van der Waals surface area (Å²) in [7, 11) is -2.58. The molecule has 0 amide bonds. The molecule has 3 nitrogen and oxygen atoms in total. The molecular weight excluding hydrogens is 220 g/mol. The molecule has 0 aliphatic heterocycles. The Morgan fingerprint density at radius 2 is 1.44 bits per heavy atom. The molecule has 4 heteroatoms. The van der Waals surface area contributed by atoms with Crippen LogP contribution in [0, 0.1) is 0 Å². The van der Waals surface area contributed by atoms with Crippen LogP contribution in [0.25, 0.3) is 0 Å². The van der Waals surface area contributed by atoms with E-state index in [9.17, 15) is 0 Å². The third-order valence-electron chi connectivity index (χ3n) is 2.52. The normalized spacial score (nSPS) is 15.2. The summed E-state index contributed by atoms with van der Waals surface area (Å²) in [4.78, 5) is 0. The van der Waals surface area contributed by atoms with Crippen LogP contribution < -0.4 is 0 Å². The van der Waals surface area contributed by atoms with Gasteiger partial charge in [0, 0.05) is 24.4 Å². The largest absolute Gasteiger partial charge is 0.506 e. The van der Waals surface area contributed by atoms with E-state index >= 15 is 0 Å². The van der Waals surface area contributed by atoms with E-state index in [-0.39, 0.29) is 11.1 Å². The van der Waals surface area contributed by atoms with Crippen molar-refractivity contribution in [1.29, 1.82) is 0 Å². The van der Waals surface area contributed by atoms with Crippen LogP contribution >= 0.6 is 0 Å². The Balaban J connectivity index is 4.93. The first kappa shape index (κ1) is 16.1. The highest BCUT2D eigenvalue weighted by Crippen LogP contribution is 2.39. The van der Waals surface area contributed by atoms with Gasteiger partial charge in [-0.3, -0.25) is 0 Å². The van der Waals surface area contributed by atoms with Gasteiger partial charge < -0.3 is 13.3 Å². The van der Waals surface area contributed by atoms with Crippen molar-refractivity contribution in [2.24, 2.45) is 0 Å². The minimum Gasteiger partial charge on any atom is -0.373 e. The van der Waals surface area contributed by atoms with E-state index in [0.29, 0.717) is 13.2 Å². The zero-order valence-corrected chi connectivity index (χ0v) is 12.9. The van der Waals surface area contributed by atoms with E-state index < -0.39 is 8.80 Å². The molecule has 0 spiro atoms. The van der Waals surface area contributed by atoms with Gasteiger partial charge in [-0.15, -0.1) is 0 Å². The molecule has 16 heavy (non-hydrogen) atoms. The highest BCUT2D eigenvalue weighted by molar-refractivity contribution is 6.64. The van der Waals surface area contributed by atoms with E-state index in [1.165, 1.54) is 0 Å². The van der Waals surface area contributed by atoms with Crippen molar-refractivity contribution in [3.8, 4) is 0 Å². The van der Waals surface area contributed by atoms with Gasteiger partial charge in [0.2, 0.25) is 0 Å². The van der Waals surface area contributed by atoms with Crippen LogP contribution in [0.5, 0.6) is 0 Å². The molecule has 0 aliphatic rings. The lowest BCUT2D eigenvalue weighted by Crippen LogP contribution is -2.55. The molecule has 1 unspecified atom stereocenters. The van der Waals surface area contributed by atoms with E-state index in [1.54, 1.807) is 0 Å². The van der Waals surface area contributed by atoms with Crippen LogP contribution in [0.3, 0.4) is 0 Å². The lowest BCUT2D eigenvalue weighted by molar-refractivity contribution is 0.0195. The summed E-state index contributed by atoms with van der Waals surface area (Å²) >= 11 is 0. The standard InChI is InChI=1S/C12H28O3Si/c1-8-11(4)15-16(13-9-2,14-10-3)12(5,6)7/h11H,8-10H2,1-7H3. The zero-order chi connectivity index (χ0) is 12.8. The highest BCUT2D eigenvalue weighted by Gasteiger charge is 2.53. The van der Waals surface area contributed by atoms with Crippen LogP contribution in [-0.4, -0.2) is 28.1 Å². The van der Waals surface area contributed by atoms with Gasteiger partial charge in [-0.05, 0) is 27.2 Å². The Morgan fingerprint density at radius 1 is 1.00 bits per heavy atom. The predicted molar refractivity (Wildman–Crippen MR) is 69.6 cm³/mol. The molecule has 0 aromatic rings. The third-order valence-corrected chi connectivity index (χ3v) is 6.41. The summed E-state index contributed by atoms with van der Waals surface area (Å²) in [5.41, 5.74) is 0. The molecule has 0 heterocycles. The van der Waals surface area contributed by atoms with Gasteiger partial charge in [-0.1, -0.05) is 27.7 Å². The Hall–Kier alpha value is 0.0969. The first-order chi connectivity index (χ1) is 7.33. The maximum absolute atomic E-state index is 6.13. The van der Waals surface area contributed by atoms with Gasteiger partial charge in [-0.25, -0.2) is 0 Å². The molecule has 0 fully saturated rings. The van der Waals surface area contributed by atoms with E-state index in [0.717, 1.165) is 6.42 Å². The Bertz CT molecular complexity index is 183. The fourth-order valence-corrected chi connectivity index (χ4v) is 4.34. The zero-order valence-electron chi connectivity index (χ0n) is 11.9. The number of hydrogen-bond acceptors (Lipinski definition) is 3. The van der Waals surface area contributed by atoms with Crippen molar-refractivity contribution < 1.29 is 13.3 Å². The maximum atomic E-state index is 6.13. The summed E-state index contributed by atoms with van der Waals surface area (Å²) in [6.45, 7) is 15.8. The van der Waals surface area contributed by atoms with Gasteiger partial charge in [0.05, 0.1) is 0 Å². The smallest absolute Gasteiger partial charge is 0.373 e. The minimum absolute atomic E-state index is 0.0809. The van der Waals surface area contributed by atoms with Crippen LogP contribution in [0.2, 0.25) is 5.04 Å². The minimum atomic E-state index is -2.58. The van der Waals surface area contributed by atoms with Gasteiger partial charge in [0.15, 0.2) is 0 Å². The molecular formula is C12H28O3Si. The SMILES string of the molecule is CCO[Si](OCC)(OC(C)CC)C(C)(C)C. The van der Waals surface area contributed by atoms with Crippen molar-refractivity contribution in [3.63, 3.8) is 0 Å². The lowest BCUT2D eigenvalue weighted by atomic mass is 10.3. The molecule has 0 aromatic heterocycles. The second kappa shape index (κ2) is 6.74. The molecule has 0 bridgehead atoms. The van der Waals surface area contributed by atoms with Crippen molar-refractivity contribution >= 4 is 8.80 Å². The molecule has 1 atom stereocenters. The summed E-state index contributed by atoms with van der Waals surface area (Å²) < 4.78 is 17.9. The quantitative estimate of drug-likeness (QED) is 0.644. The van der Waals surface area contributed by atoms with Crippen LogP contribution in [-0.2, 0) is 13.3 Å². The first-order valence-electron chi connectivity index (χ1n) is 6.28. The highest BCUT2D eigenvalue weighted by atomic mass is 28.4. The second-order valence-corrected chi connectivity index (χ2v) is 8.43. The van der Waals surface area contributed by atoms with Crippen molar-refractivity contribution in [2.45, 2.75) is 66.0 Å². The molecule has 0 saturated heterocycles. The van der Waals surface area contributed by atoms with Crippen molar-refractivity contribution in [2.75, 3.05) is 13.2 Å². The Morgan fingerprint density at radius 3 is 1.69 bits per heavy atom. The van der Waals surface area contributed by atoms with Crippen LogP contribution in [0.1, 0.15) is 54.9 Å². The summed E-state index contributed by atoms with van der Waals surface area (Å²) in [5, 5.41) is -0.0809. The van der Waals surface area contributed by atoms with Crippen molar-refractivity contribution in [1.82, 2.24) is 0 Å². The maximum Gasteiger partial charge on any atom is 0.506 e. The van der Waals surface area contributed by atoms with Crippen LogP contribution in [0.4, 0.5) is 0 Å². The van der Waals surface area contributed by atoms with Crippen LogP contribution in [0.15, 0.2) is 0 Å². The molecule has 0 radical (unpaired) electrons. The number of hydrogen-bond donors (Lipinski definition) is 0.